The molecule has 1 N–H and O–H groups in total. The van der Waals surface area contributed by atoms with Crippen molar-refractivity contribution in [1.29, 1.82) is 0 Å². The SMILES string of the molecule is COc1ccc(-c2nn(-c3ccccc3)cc2C=Nn2c(Cc3cccc4ccccc34)n[nH]c2=S)cc1. The lowest BCUT2D eigenvalue weighted by atomic mass is 10.0. The van der Waals surface area contributed by atoms with Crippen LogP contribution in [0.2, 0.25) is 0 Å². The van der Waals surface area contributed by atoms with Gasteiger partial charge in [0, 0.05) is 23.7 Å². The predicted molar refractivity (Wildman–Crippen MR) is 153 cm³/mol. The third-order valence-corrected chi connectivity index (χ3v) is 6.65. The summed E-state index contributed by atoms with van der Waals surface area (Å²) in [5.74, 6) is 1.51. The summed E-state index contributed by atoms with van der Waals surface area (Å²) in [4.78, 5) is 0. The molecule has 38 heavy (non-hydrogen) atoms. The summed E-state index contributed by atoms with van der Waals surface area (Å²) in [5, 5.41) is 19.4. The second kappa shape index (κ2) is 10.3. The zero-order valence-electron chi connectivity index (χ0n) is 20.7. The van der Waals surface area contributed by atoms with E-state index in [9.17, 15) is 0 Å². The Morgan fingerprint density at radius 2 is 1.68 bits per heavy atom. The highest BCUT2D eigenvalue weighted by Crippen LogP contribution is 2.25. The predicted octanol–water partition coefficient (Wildman–Crippen LogP) is 6.43. The minimum absolute atomic E-state index is 0.429. The van der Waals surface area contributed by atoms with Crippen LogP contribution in [-0.2, 0) is 6.42 Å². The number of benzene rings is 4. The largest absolute Gasteiger partial charge is 0.497 e. The van der Waals surface area contributed by atoms with Crippen LogP contribution in [0.1, 0.15) is 17.0 Å². The highest BCUT2D eigenvalue weighted by molar-refractivity contribution is 7.71. The maximum absolute atomic E-state index is 5.53. The van der Waals surface area contributed by atoms with Gasteiger partial charge >= 0.3 is 0 Å². The standard InChI is InChI=1S/C30H24N6OS/c1-37-26-16-14-22(15-17-26)29-24(20-35(34-29)25-11-3-2-4-12-25)19-31-36-28(32-33-30(36)38)18-23-10-7-9-21-8-5-6-13-27(21)23/h2-17,19-20H,18H2,1H3,(H,33,38). The molecule has 7 nitrogen and oxygen atoms in total. The average molecular weight is 517 g/mol. The number of fused-ring (bicyclic) bond motifs is 1. The van der Waals surface area contributed by atoms with Crippen LogP contribution in [0.15, 0.2) is 108 Å². The van der Waals surface area contributed by atoms with Crippen LogP contribution >= 0.6 is 12.2 Å². The van der Waals surface area contributed by atoms with Crippen molar-refractivity contribution in [2.75, 3.05) is 7.11 Å². The van der Waals surface area contributed by atoms with Crippen LogP contribution < -0.4 is 4.74 Å². The molecule has 0 unspecified atom stereocenters. The summed E-state index contributed by atoms with van der Waals surface area (Å²) in [6, 6.07) is 32.4. The molecule has 2 aromatic heterocycles. The highest BCUT2D eigenvalue weighted by Gasteiger charge is 2.13. The smallest absolute Gasteiger partial charge is 0.216 e. The fourth-order valence-corrected chi connectivity index (χ4v) is 4.66. The first-order valence-corrected chi connectivity index (χ1v) is 12.6. The van der Waals surface area contributed by atoms with Crippen LogP contribution in [0.5, 0.6) is 5.75 Å². The molecule has 0 aliphatic rings. The number of aromatic amines is 1. The first-order chi connectivity index (χ1) is 18.7. The van der Waals surface area contributed by atoms with Crippen molar-refractivity contribution in [2.45, 2.75) is 6.42 Å². The van der Waals surface area contributed by atoms with Gasteiger partial charge in [-0.25, -0.2) is 4.68 Å². The van der Waals surface area contributed by atoms with Crippen molar-refractivity contribution in [3.8, 4) is 22.7 Å². The Balaban J connectivity index is 1.39. The number of para-hydroxylation sites is 1. The van der Waals surface area contributed by atoms with Crippen molar-refractivity contribution in [2.24, 2.45) is 5.10 Å². The molecule has 8 heteroatoms. The van der Waals surface area contributed by atoms with Crippen molar-refractivity contribution in [3.63, 3.8) is 0 Å². The molecule has 0 atom stereocenters. The molecular formula is C30H24N6OS. The topological polar surface area (TPSA) is 73.0 Å². The van der Waals surface area contributed by atoms with Gasteiger partial charge in [-0.3, -0.25) is 5.10 Å². The molecule has 0 fully saturated rings. The third-order valence-electron chi connectivity index (χ3n) is 6.38. The Labute approximate surface area is 224 Å². The fourth-order valence-electron chi connectivity index (χ4n) is 4.46. The lowest BCUT2D eigenvalue weighted by Crippen LogP contribution is -2.01. The summed E-state index contributed by atoms with van der Waals surface area (Å²) in [6.07, 6.45) is 4.33. The van der Waals surface area contributed by atoms with E-state index in [1.165, 1.54) is 10.8 Å². The summed E-state index contributed by atoms with van der Waals surface area (Å²) < 4.78 is 9.29. The molecule has 0 radical (unpaired) electrons. The van der Waals surface area contributed by atoms with Crippen LogP contribution in [-0.4, -0.2) is 38.0 Å². The number of nitrogens with zero attached hydrogens (tertiary/aromatic N) is 5. The molecule has 0 bridgehead atoms. The number of methoxy groups -OCH3 is 1. The van der Waals surface area contributed by atoms with Crippen LogP contribution in [0.4, 0.5) is 0 Å². The van der Waals surface area contributed by atoms with Crippen LogP contribution in [0, 0.1) is 4.77 Å². The summed E-state index contributed by atoms with van der Waals surface area (Å²) in [7, 11) is 1.65. The van der Waals surface area contributed by atoms with E-state index in [1.807, 2.05) is 77.6 Å². The van der Waals surface area contributed by atoms with Gasteiger partial charge in [-0.1, -0.05) is 60.7 Å². The van der Waals surface area contributed by atoms with Crippen molar-refractivity contribution >= 4 is 29.2 Å². The molecule has 6 rings (SSSR count). The number of ether oxygens (including phenoxy) is 1. The van der Waals surface area contributed by atoms with Gasteiger partial charge in [0.1, 0.15) is 11.4 Å². The lowest BCUT2D eigenvalue weighted by Gasteiger charge is -2.06. The second-order valence-corrected chi connectivity index (χ2v) is 9.14. The number of nitrogens with one attached hydrogen (secondary N) is 1. The Bertz CT molecular complexity index is 1790. The minimum Gasteiger partial charge on any atom is -0.497 e. The number of H-pyrrole nitrogens is 1. The Hall–Kier alpha value is -4.82. The molecule has 4 aromatic carbocycles. The van der Waals surface area contributed by atoms with Crippen molar-refractivity contribution in [1.82, 2.24) is 24.7 Å². The first kappa shape index (κ1) is 23.6. The van der Waals surface area contributed by atoms with E-state index in [0.29, 0.717) is 11.2 Å². The molecule has 2 heterocycles. The number of hydrogen-bond donors (Lipinski definition) is 1. The Kier molecular flexibility index (Phi) is 6.37. The van der Waals surface area contributed by atoms with Gasteiger partial charge in [-0.15, -0.1) is 0 Å². The molecule has 0 saturated heterocycles. The van der Waals surface area contributed by atoms with Crippen molar-refractivity contribution < 1.29 is 4.74 Å². The van der Waals surface area contributed by atoms with E-state index in [4.69, 9.17) is 27.2 Å². The van der Waals surface area contributed by atoms with Crippen molar-refractivity contribution in [3.05, 3.63) is 125 Å². The van der Waals surface area contributed by atoms with E-state index in [2.05, 4.69) is 40.5 Å². The maximum atomic E-state index is 5.53. The van der Waals surface area contributed by atoms with Gasteiger partial charge in [0.05, 0.1) is 19.0 Å². The van der Waals surface area contributed by atoms with E-state index < -0.39 is 0 Å². The lowest BCUT2D eigenvalue weighted by molar-refractivity contribution is 0.415. The van der Waals surface area contributed by atoms with Crippen LogP contribution in [0.3, 0.4) is 0 Å². The zero-order valence-corrected chi connectivity index (χ0v) is 21.5. The molecular weight excluding hydrogens is 492 g/mol. The summed E-state index contributed by atoms with van der Waals surface area (Å²) >= 11 is 5.53. The molecule has 0 aliphatic heterocycles. The molecule has 0 spiro atoms. The van der Waals surface area contributed by atoms with Gasteiger partial charge < -0.3 is 4.74 Å². The molecule has 0 saturated carbocycles. The normalized spacial score (nSPS) is 11.4. The zero-order chi connectivity index (χ0) is 25.9. The molecule has 186 valence electrons. The van der Waals surface area contributed by atoms with Crippen LogP contribution in [0.25, 0.3) is 27.7 Å². The maximum Gasteiger partial charge on any atom is 0.216 e. The minimum atomic E-state index is 0.429. The van der Waals surface area contributed by atoms with E-state index in [-0.39, 0.29) is 0 Å². The first-order valence-electron chi connectivity index (χ1n) is 12.2. The second-order valence-electron chi connectivity index (χ2n) is 8.76. The Morgan fingerprint density at radius 1 is 0.921 bits per heavy atom. The number of aromatic nitrogens is 5. The molecule has 6 aromatic rings. The van der Waals surface area contributed by atoms with Gasteiger partial charge in [-0.2, -0.15) is 20.0 Å². The highest BCUT2D eigenvalue weighted by atomic mass is 32.1. The third kappa shape index (κ3) is 4.65. The fraction of sp³-hybridized carbons (Fsp3) is 0.0667. The Morgan fingerprint density at radius 3 is 2.50 bits per heavy atom. The average Bonchev–Trinajstić information content (AvgIpc) is 3.55. The number of hydrogen-bond acceptors (Lipinski definition) is 5. The van der Waals surface area contributed by atoms with E-state index in [1.54, 1.807) is 18.0 Å². The van der Waals surface area contributed by atoms with Gasteiger partial charge in [-0.05, 0) is 65.0 Å². The molecule has 0 aliphatic carbocycles. The quantitative estimate of drug-likeness (QED) is 0.196. The summed E-state index contributed by atoms with van der Waals surface area (Å²) in [5.41, 5.74) is 4.71. The number of rotatable bonds is 7. The van der Waals surface area contributed by atoms with Gasteiger partial charge in [0.15, 0.2) is 5.82 Å². The van der Waals surface area contributed by atoms with E-state index in [0.717, 1.165) is 39.6 Å². The summed E-state index contributed by atoms with van der Waals surface area (Å²) in [6.45, 7) is 0. The molecule has 0 amide bonds. The monoisotopic (exact) mass is 516 g/mol. The van der Waals surface area contributed by atoms with Gasteiger partial charge in [0.25, 0.3) is 0 Å². The van der Waals surface area contributed by atoms with Gasteiger partial charge in [0.2, 0.25) is 4.77 Å². The van der Waals surface area contributed by atoms with E-state index >= 15 is 0 Å².